The molecule has 0 radical (unpaired) electrons. The maximum atomic E-state index is 13.4. The Bertz CT molecular complexity index is 1030. The van der Waals surface area contributed by atoms with E-state index in [0.29, 0.717) is 17.5 Å². The number of nitrogens with zero attached hydrogens (tertiary/aromatic N) is 2. The number of rotatable bonds is 8. The molecule has 0 unspecified atom stereocenters. The third kappa shape index (κ3) is 6.10. The van der Waals surface area contributed by atoms with E-state index in [-0.39, 0.29) is 18.4 Å². The average molecular weight is 478 g/mol. The number of benzene rings is 2. The lowest BCUT2D eigenvalue weighted by atomic mass is 10.00. The van der Waals surface area contributed by atoms with Crippen LogP contribution in [0.1, 0.15) is 50.2 Å². The number of hydrogen-bond donors (Lipinski definition) is 1. The molecule has 180 valence electrons. The highest BCUT2D eigenvalue weighted by atomic mass is 32.2. The van der Waals surface area contributed by atoms with E-state index in [4.69, 9.17) is 0 Å². The molecule has 2 amide bonds. The number of anilines is 1. The standard InChI is InChI=1S/C28H35N3O2S/c1-3-23-9-6-7-17-30(23)18-8-16-29-27(32)20-31-24-10-4-5-11-25(24)34-26(28(31)33)19-22-14-12-21(2)13-15-22/h4-5,10-15,19,23H,3,6-9,16-18,20H2,1-2H3,(H,29,32)/b26-19+/t23-/m1/s1. The summed E-state index contributed by atoms with van der Waals surface area (Å²) in [6, 6.07) is 16.6. The largest absolute Gasteiger partial charge is 0.355 e. The molecule has 1 atom stereocenters. The van der Waals surface area contributed by atoms with Gasteiger partial charge in [-0.2, -0.15) is 0 Å². The number of aryl methyl sites for hydroxylation is 1. The highest BCUT2D eigenvalue weighted by Crippen LogP contribution is 2.41. The zero-order valence-corrected chi connectivity index (χ0v) is 21.1. The number of hydrogen-bond acceptors (Lipinski definition) is 4. The third-order valence-corrected chi connectivity index (χ3v) is 7.75. The first kappa shape index (κ1) is 24.6. The lowest BCUT2D eigenvalue weighted by molar-refractivity contribution is -0.122. The Balaban J connectivity index is 1.38. The SMILES string of the molecule is CC[C@@H]1CCCCN1CCCNC(=O)CN1C(=O)/C(=C\c2ccc(C)cc2)Sc2ccccc21. The van der Waals surface area contributed by atoms with Crippen molar-refractivity contribution in [1.82, 2.24) is 10.2 Å². The van der Waals surface area contributed by atoms with Crippen molar-refractivity contribution in [2.45, 2.75) is 56.9 Å². The van der Waals surface area contributed by atoms with Crippen molar-refractivity contribution in [1.29, 1.82) is 0 Å². The summed E-state index contributed by atoms with van der Waals surface area (Å²) in [5, 5.41) is 3.04. The summed E-state index contributed by atoms with van der Waals surface area (Å²) in [6.07, 6.45) is 7.93. The van der Waals surface area contributed by atoms with Crippen molar-refractivity contribution < 1.29 is 9.59 Å². The molecular formula is C28H35N3O2S. The van der Waals surface area contributed by atoms with Crippen LogP contribution in [0.15, 0.2) is 58.3 Å². The van der Waals surface area contributed by atoms with Crippen molar-refractivity contribution in [3.05, 3.63) is 64.6 Å². The van der Waals surface area contributed by atoms with Gasteiger partial charge in [0.05, 0.1) is 10.6 Å². The number of piperidine rings is 1. The number of fused-ring (bicyclic) bond motifs is 1. The summed E-state index contributed by atoms with van der Waals surface area (Å²) in [7, 11) is 0. The fourth-order valence-electron chi connectivity index (χ4n) is 4.76. The number of thioether (sulfide) groups is 1. The number of likely N-dealkylation sites (tertiary alicyclic amines) is 1. The van der Waals surface area contributed by atoms with Gasteiger partial charge in [0.15, 0.2) is 0 Å². The van der Waals surface area contributed by atoms with E-state index in [1.807, 2.05) is 61.5 Å². The topological polar surface area (TPSA) is 52.7 Å². The Morgan fingerprint density at radius 3 is 2.74 bits per heavy atom. The summed E-state index contributed by atoms with van der Waals surface area (Å²) >= 11 is 1.47. The molecule has 4 rings (SSSR count). The fraction of sp³-hybridized carbons (Fsp3) is 0.429. The second kappa shape index (κ2) is 11.7. The smallest absolute Gasteiger partial charge is 0.265 e. The minimum absolute atomic E-state index is 0.0307. The summed E-state index contributed by atoms with van der Waals surface area (Å²) in [5.41, 5.74) is 2.96. The van der Waals surface area contributed by atoms with Crippen LogP contribution in [0.5, 0.6) is 0 Å². The first-order valence-electron chi connectivity index (χ1n) is 12.4. The summed E-state index contributed by atoms with van der Waals surface area (Å²) in [6.45, 7) is 7.16. The minimum atomic E-state index is -0.126. The van der Waals surface area contributed by atoms with Gasteiger partial charge in [0.25, 0.3) is 5.91 Å². The monoisotopic (exact) mass is 477 g/mol. The second-order valence-electron chi connectivity index (χ2n) is 9.18. The van der Waals surface area contributed by atoms with Crippen LogP contribution >= 0.6 is 11.8 Å². The van der Waals surface area contributed by atoms with Crippen LogP contribution in [0.25, 0.3) is 6.08 Å². The number of para-hydroxylation sites is 1. The van der Waals surface area contributed by atoms with Gasteiger partial charge in [0.2, 0.25) is 5.91 Å². The first-order valence-corrected chi connectivity index (χ1v) is 13.2. The van der Waals surface area contributed by atoms with Gasteiger partial charge in [-0.1, -0.05) is 67.1 Å². The molecule has 1 N–H and O–H groups in total. The Morgan fingerprint density at radius 1 is 1.15 bits per heavy atom. The van der Waals surface area contributed by atoms with Gasteiger partial charge in [-0.05, 0) is 62.9 Å². The lowest BCUT2D eigenvalue weighted by Crippen LogP contribution is -2.44. The summed E-state index contributed by atoms with van der Waals surface area (Å²) in [5.74, 6) is -0.242. The van der Waals surface area contributed by atoms with Gasteiger partial charge >= 0.3 is 0 Å². The van der Waals surface area contributed by atoms with Gasteiger partial charge in [0.1, 0.15) is 6.54 Å². The van der Waals surface area contributed by atoms with E-state index in [1.165, 1.54) is 49.6 Å². The predicted octanol–water partition coefficient (Wildman–Crippen LogP) is 5.25. The fourth-order valence-corrected chi connectivity index (χ4v) is 5.82. The number of carbonyl (C=O) groups excluding carboxylic acids is 2. The molecule has 0 saturated carbocycles. The van der Waals surface area contributed by atoms with Crippen molar-refractivity contribution in [2.75, 3.05) is 31.1 Å². The summed E-state index contributed by atoms with van der Waals surface area (Å²) < 4.78 is 0. The number of carbonyl (C=O) groups is 2. The highest BCUT2D eigenvalue weighted by molar-refractivity contribution is 8.04. The van der Waals surface area contributed by atoms with E-state index in [1.54, 1.807) is 4.90 Å². The molecular weight excluding hydrogens is 442 g/mol. The van der Waals surface area contributed by atoms with Crippen LogP contribution in [0.3, 0.4) is 0 Å². The van der Waals surface area contributed by atoms with E-state index >= 15 is 0 Å². The Hall–Kier alpha value is -2.57. The van der Waals surface area contributed by atoms with E-state index in [0.717, 1.165) is 29.1 Å². The van der Waals surface area contributed by atoms with Crippen molar-refractivity contribution in [3.8, 4) is 0 Å². The lowest BCUT2D eigenvalue weighted by Gasteiger charge is -2.35. The zero-order chi connectivity index (χ0) is 23.9. The minimum Gasteiger partial charge on any atom is -0.355 e. The van der Waals surface area contributed by atoms with Crippen molar-refractivity contribution in [3.63, 3.8) is 0 Å². The molecule has 0 bridgehead atoms. The van der Waals surface area contributed by atoms with Crippen LogP contribution < -0.4 is 10.2 Å². The normalized spacial score (nSPS) is 19.8. The number of amides is 2. The molecule has 2 aliphatic heterocycles. The quantitative estimate of drug-likeness (QED) is 0.417. The molecule has 2 aliphatic rings. The molecule has 0 aliphatic carbocycles. The van der Waals surface area contributed by atoms with Gasteiger partial charge in [-0.25, -0.2) is 0 Å². The van der Waals surface area contributed by atoms with Crippen LogP contribution in [-0.4, -0.2) is 48.9 Å². The zero-order valence-electron chi connectivity index (χ0n) is 20.3. The highest BCUT2D eigenvalue weighted by Gasteiger charge is 2.30. The Kier molecular flexibility index (Phi) is 8.46. The second-order valence-corrected chi connectivity index (χ2v) is 10.3. The average Bonchev–Trinajstić information content (AvgIpc) is 2.86. The molecule has 0 aromatic heterocycles. The van der Waals surface area contributed by atoms with E-state index in [2.05, 4.69) is 17.1 Å². The van der Waals surface area contributed by atoms with E-state index < -0.39 is 0 Å². The molecule has 1 saturated heterocycles. The van der Waals surface area contributed by atoms with Gasteiger partial charge in [-0.3, -0.25) is 14.5 Å². The maximum absolute atomic E-state index is 13.4. The van der Waals surface area contributed by atoms with Crippen molar-refractivity contribution >= 4 is 35.3 Å². The molecule has 2 aromatic rings. The van der Waals surface area contributed by atoms with Crippen LogP contribution in [0.4, 0.5) is 5.69 Å². The van der Waals surface area contributed by atoms with Gasteiger partial charge < -0.3 is 10.2 Å². The summed E-state index contributed by atoms with van der Waals surface area (Å²) in [4.78, 5) is 31.9. The molecule has 0 spiro atoms. The van der Waals surface area contributed by atoms with Crippen LogP contribution in [0, 0.1) is 6.92 Å². The van der Waals surface area contributed by atoms with Gasteiger partial charge in [-0.15, -0.1) is 0 Å². The van der Waals surface area contributed by atoms with Gasteiger partial charge in [0, 0.05) is 24.0 Å². The molecule has 2 aromatic carbocycles. The first-order chi connectivity index (χ1) is 16.5. The molecule has 1 fully saturated rings. The van der Waals surface area contributed by atoms with Crippen LogP contribution in [-0.2, 0) is 9.59 Å². The van der Waals surface area contributed by atoms with Crippen LogP contribution in [0.2, 0.25) is 0 Å². The molecule has 6 heteroatoms. The molecule has 34 heavy (non-hydrogen) atoms. The Labute approximate surface area is 207 Å². The third-order valence-electron chi connectivity index (χ3n) is 6.67. The molecule has 2 heterocycles. The Morgan fingerprint density at radius 2 is 1.94 bits per heavy atom. The molecule has 5 nitrogen and oxygen atoms in total. The predicted molar refractivity (Wildman–Crippen MR) is 141 cm³/mol. The van der Waals surface area contributed by atoms with E-state index in [9.17, 15) is 9.59 Å². The van der Waals surface area contributed by atoms with Crippen molar-refractivity contribution in [2.24, 2.45) is 0 Å². The number of nitrogens with one attached hydrogen (secondary N) is 1. The maximum Gasteiger partial charge on any atom is 0.265 e.